The van der Waals surface area contributed by atoms with Gasteiger partial charge >= 0.3 is 0 Å². The van der Waals surface area contributed by atoms with Crippen molar-refractivity contribution in [3.8, 4) is 23.0 Å². The monoisotopic (exact) mass is 681 g/mol. The molecule has 1 atom stereocenters. The number of nitrogens with zero attached hydrogens (tertiary/aromatic N) is 2. The number of sulfonamides is 1. The minimum absolute atomic E-state index is 0.0503. The molecule has 4 rings (SSSR count). The largest absolute Gasteiger partial charge is 0.497 e. The molecule has 0 heterocycles. The van der Waals surface area contributed by atoms with Crippen molar-refractivity contribution in [2.24, 2.45) is 0 Å². The minimum atomic E-state index is -4.43. The van der Waals surface area contributed by atoms with Crippen molar-refractivity contribution in [1.29, 1.82) is 0 Å². The summed E-state index contributed by atoms with van der Waals surface area (Å²) in [5, 5.41) is 3.17. The molecule has 0 spiro atoms. The number of benzene rings is 3. The Morgan fingerprint density at radius 3 is 2.12 bits per heavy atom. The van der Waals surface area contributed by atoms with Crippen LogP contribution in [0.1, 0.15) is 51.0 Å². The number of rotatable bonds is 16. The summed E-state index contributed by atoms with van der Waals surface area (Å²) in [4.78, 5) is 29.7. The molecule has 2 amide bonds. The van der Waals surface area contributed by atoms with Gasteiger partial charge in [-0.05, 0) is 55.5 Å². The third kappa shape index (κ3) is 8.71. The quantitative estimate of drug-likeness (QED) is 0.219. The van der Waals surface area contributed by atoms with Gasteiger partial charge < -0.3 is 29.2 Å². The summed E-state index contributed by atoms with van der Waals surface area (Å²) in [6, 6.07) is 17.9. The lowest BCUT2D eigenvalue weighted by Crippen LogP contribution is -2.54. The highest BCUT2D eigenvalue weighted by atomic mass is 32.2. The first-order chi connectivity index (χ1) is 23.2. The molecule has 1 saturated carbocycles. The number of carbonyl (C=O) groups is 2. The van der Waals surface area contributed by atoms with Crippen molar-refractivity contribution in [3.05, 3.63) is 72.3 Å². The first-order valence-electron chi connectivity index (χ1n) is 16.3. The number of methoxy groups -OCH3 is 4. The zero-order chi connectivity index (χ0) is 34.7. The van der Waals surface area contributed by atoms with Crippen LogP contribution in [0.15, 0.2) is 71.6 Å². The van der Waals surface area contributed by atoms with Crippen LogP contribution >= 0.6 is 0 Å². The lowest BCUT2D eigenvalue weighted by Gasteiger charge is -2.34. The number of carbonyl (C=O) groups excluding carboxylic acids is 2. The first kappa shape index (κ1) is 36.4. The SMILES string of the molecule is CC[C@@H](C(=O)NC1CCCCC1)N(CCc1ccccc1)C(=O)CN(c1cc(OC)ccc1OC)S(=O)(=O)c1ccc(OC)c(OC)c1. The van der Waals surface area contributed by atoms with E-state index in [-0.39, 0.29) is 40.6 Å². The molecule has 11 nitrogen and oxygen atoms in total. The maximum Gasteiger partial charge on any atom is 0.265 e. The molecule has 3 aromatic rings. The number of nitrogens with one attached hydrogen (secondary N) is 1. The second kappa shape index (κ2) is 17.1. The summed E-state index contributed by atoms with van der Waals surface area (Å²) < 4.78 is 51.8. The van der Waals surface area contributed by atoms with Gasteiger partial charge in [-0.2, -0.15) is 0 Å². The zero-order valence-electron chi connectivity index (χ0n) is 28.4. The molecular formula is C36H47N3O8S. The Kier molecular flexibility index (Phi) is 13.0. The van der Waals surface area contributed by atoms with Crippen LogP contribution in [0, 0.1) is 0 Å². The molecule has 1 aliphatic carbocycles. The van der Waals surface area contributed by atoms with E-state index in [1.165, 1.54) is 57.6 Å². The van der Waals surface area contributed by atoms with Gasteiger partial charge in [0.05, 0.1) is 39.0 Å². The predicted octanol–water partition coefficient (Wildman–Crippen LogP) is 5.22. The Bertz CT molecular complexity index is 1630. The molecule has 260 valence electrons. The molecule has 0 saturated heterocycles. The van der Waals surface area contributed by atoms with Crippen LogP contribution in [0.3, 0.4) is 0 Å². The number of hydrogen-bond donors (Lipinski definition) is 1. The summed E-state index contributed by atoms with van der Waals surface area (Å²) in [7, 11) is 1.32. The van der Waals surface area contributed by atoms with Crippen LogP contribution in [0.4, 0.5) is 5.69 Å². The normalized spacial score (nSPS) is 14.0. The van der Waals surface area contributed by atoms with Gasteiger partial charge in [0.1, 0.15) is 24.1 Å². The van der Waals surface area contributed by atoms with Crippen LogP contribution in [0.5, 0.6) is 23.0 Å². The Labute approximate surface area is 284 Å². The molecule has 0 aliphatic heterocycles. The third-order valence-electron chi connectivity index (χ3n) is 8.70. The van der Waals surface area contributed by atoms with Crippen LogP contribution in [0.2, 0.25) is 0 Å². The van der Waals surface area contributed by atoms with E-state index in [9.17, 15) is 18.0 Å². The zero-order valence-corrected chi connectivity index (χ0v) is 29.3. The number of hydrogen-bond acceptors (Lipinski definition) is 8. The minimum Gasteiger partial charge on any atom is -0.497 e. The van der Waals surface area contributed by atoms with E-state index in [0.717, 1.165) is 42.0 Å². The van der Waals surface area contributed by atoms with E-state index < -0.39 is 28.5 Å². The van der Waals surface area contributed by atoms with E-state index in [1.54, 1.807) is 12.1 Å². The van der Waals surface area contributed by atoms with Gasteiger partial charge in [0, 0.05) is 24.7 Å². The maximum absolute atomic E-state index is 14.5. The highest BCUT2D eigenvalue weighted by Crippen LogP contribution is 2.38. The van der Waals surface area contributed by atoms with E-state index in [2.05, 4.69) is 5.32 Å². The fourth-order valence-corrected chi connectivity index (χ4v) is 7.48. The highest BCUT2D eigenvalue weighted by molar-refractivity contribution is 7.92. The first-order valence-corrected chi connectivity index (χ1v) is 17.7. The van der Waals surface area contributed by atoms with Gasteiger partial charge in [0.25, 0.3) is 10.0 Å². The average Bonchev–Trinajstić information content (AvgIpc) is 3.12. The van der Waals surface area contributed by atoms with Gasteiger partial charge in [0.2, 0.25) is 11.8 Å². The van der Waals surface area contributed by atoms with Gasteiger partial charge in [-0.1, -0.05) is 56.5 Å². The van der Waals surface area contributed by atoms with Gasteiger partial charge in [-0.25, -0.2) is 8.42 Å². The van der Waals surface area contributed by atoms with Crippen molar-refractivity contribution in [2.45, 2.75) is 68.8 Å². The lowest BCUT2D eigenvalue weighted by molar-refractivity contribution is -0.140. The summed E-state index contributed by atoms with van der Waals surface area (Å²) in [5.74, 6) is 0.359. The number of anilines is 1. The van der Waals surface area contributed by atoms with Crippen molar-refractivity contribution >= 4 is 27.5 Å². The summed E-state index contributed by atoms with van der Waals surface area (Å²) >= 11 is 0. The molecule has 0 aromatic heterocycles. The average molecular weight is 682 g/mol. The molecule has 0 radical (unpaired) electrons. The van der Waals surface area contributed by atoms with Crippen LogP contribution in [-0.2, 0) is 26.0 Å². The molecule has 1 N–H and O–H groups in total. The summed E-state index contributed by atoms with van der Waals surface area (Å²) in [6.07, 6.45) is 5.85. The topological polar surface area (TPSA) is 124 Å². The number of amides is 2. The standard InChI is InChI=1S/C36H47N3O8S/c1-6-30(36(41)37-27-15-11-8-12-16-27)38(22-21-26-13-9-7-10-14-26)35(40)25-39(31-23-28(44-2)17-19-32(31)45-3)48(42,43)29-18-20-33(46-4)34(24-29)47-5/h7,9-10,13-14,17-20,23-24,27,30H,6,8,11-12,15-16,21-22,25H2,1-5H3,(H,37,41)/t30-/m0/s1. The second-order valence-corrected chi connectivity index (χ2v) is 13.5. The Morgan fingerprint density at radius 2 is 1.50 bits per heavy atom. The van der Waals surface area contributed by atoms with Gasteiger partial charge in [-0.3, -0.25) is 13.9 Å². The van der Waals surface area contributed by atoms with Gasteiger partial charge in [-0.15, -0.1) is 0 Å². The van der Waals surface area contributed by atoms with Crippen molar-refractivity contribution in [2.75, 3.05) is 45.8 Å². The molecule has 0 unspecified atom stereocenters. The molecule has 1 fully saturated rings. The maximum atomic E-state index is 14.5. The molecule has 3 aromatic carbocycles. The van der Waals surface area contributed by atoms with Gasteiger partial charge in [0.15, 0.2) is 11.5 Å². The fourth-order valence-electron chi connectivity index (χ4n) is 6.05. The Morgan fingerprint density at radius 1 is 0.833 bits per heavy atom. The van der Waals surface area contributed by atoms with Crippen LogP contribution in [0.25, 0.3) is 0 Å². The lowest BCUT2D eigenvalue weighted by atomic mass is 9.95. The molecule has 0 bridgehead atoms. The fraction of sp³-hybridized carbons (Fsp3) is 0.444. The third-order valence-corrected chi connectivity index (χ3v) is 10.5. The second-order valence-electron chi connectivity index (χ2n) is 11.7. The van der Waals surface area contributed by atoms with Crippen LogP contribution in [-0.4, -0.2) is 78.7 Å². The van der Waals surface area contributed by atoms with Crippen molar-refractivity contribution < 1.29 is 37.0 Å². The summed E-state index contributed by atoms with van der Waals surface area (Å²) in [6.45, 7) is 1.46. The van der Waals surface area contributed by atoms with Crippen molar-refractivity contribution in [3.63, 3.8) is 0 Å². The predicted molar refractivity (Wildman–Crippen MR) is 185 cm³/mol. The van der Waals surface area contributed by atoms with Crippen molar-refractivity contribution in [1.82, 2.24) is 10.2 Å². The highest BCUT2D eigenvalue weighted by Gasteiger charge is 2.36. The molecule has 48 heavy (non-hydrogen) atoms. The van der Waals surface area contributed by atoms with E-state index >= 15 is 0 Å². The van der Waals surface area contributed by atoms with Crippen LogP contribution < -0.4 is 28.6 Å². The van der Waals surface area contributed by atoms with E-state index in [0.29, 0.717) is 24.3 Å². The Balaban J connectivity index is 1.77. The molecule has 1 aliphatic rings. The molecular weight excluding hydrogens is 634 g/mol. The van der Waals surface area contributed by atoms with E-state index in [4.69, 9.17) is 18.9 Å². The summed E-state index contributed by atoms with van der Waals surface area (Å²) in [5.41, 5.74) is 1.09. The molecule has 12 heteroatoms. The number of ether oxygens (including phenoxy) is 4. The smallest absolute Gasteiger partial charge is 0.265 e. The van der Waals surface area contributed by atoms with E-state index in [1.807, 2.05) is 37.3 Å². The Hall–Kier alpha value is -4.45.